The van der Waals surface area contributed by atoms with Crippen LogP contribution in [0.3, 0.4) is 0 Å². The van der Waals surface area contributed by atoms with Crippen molar-refractivity contribution in [2.24, 2.45) is 0 Å². The summed E-state index contributed by atoms with van der Waals surface area (Å²) in [5.74, 6) is -0.698. The van der Waals surface area contributed by atoms with E-state index in [2.05, 4.69) is 21.2 Å². The highest BCUT2D eigenvalue weighted by atomic mass is 79.9. The zero-order chi connectivity index (χ0) is 17.1. The van der Waals surface area contributed by atoms with E-state index in [-0.39, 0.29) is 11.1 Å². The number of carbonyl (C=O) groups is 1. The van der Waals surface area contributed by atoms with Gasteiger partial charge in [-0.05, 0) is 29.8 Å². The number of hydrogen-bond donors (Lipinski definition) is 2. The molecule has 0 aliphatic rings. The first-order chi connectivity index (χ1) is 10.7. The van der Waals surface area contributed by atoms with Gasteiger partial charge in [0.15, 0.2) is 0 Å². The van der Waals surface area contributed by atoms with Gasteiger partial charge in [0, 0.05) is 10.0 Å². The Labute approximate surface area is 139 Å². The number of hydrogen-bond acceptors (Lipinski definition) is 2. The monoisotopic (exact) mass is 387 g/mol. The summed E-state index contributed by atoms with van der Waals surface area (Å²) in [4.78, 5) is 12.0. The van der Waals surface area contributed by atoms with E-state index in [9.17, 15) is 23.1 Å². The molecule has 0 aromatic heterocycles. The topological polar surface area (TPSA) is 49.3 Å². The summed E-state index contributed by atoms with van der Waals surface area (Å²) in [5.41, 5.74) is -3.28. The number of aliphatic hydroxyl groups is 1. The summed E-state index contributed by atoms with van der Waals surface area (Å²) in [6.07, 6.45) is -4.93. The van der Waals surface area contributed by atoms with Gasteiger partial charge >= 0.3 is 6.18 Å². The molecule has 23 heavy (non-hydrogen) atoms. The highest BCUT2D eigenvalue weighted by Gasteiger charge is 2.55. The van der Waals surface area contributed by atoms with Crippen molar-refractivity contribution in [3.63, 3.8) is 0 Å². The van der Waals surface area contributed by atoms with E-state index in [0.717, 1.165) is 4.47 Å². The second-order valence-corrected chi connectivity index (χ2v) is 5.83. The molecule has 2 aromatic rings. The van der Waals surface area contributed by atoms with E-state index in [4.69, 9.17) is 0 Å². The smallest absolute Gasteiger partial charge is 0.375 e. The second-order valence-electron chi connectivity index (χ2n) is 4.91. The van der Waals surface area contributed by atoms with Gasteiger partial charge < -0.3 is 10.4 Å². The van der Waals surface area contributed by atoms with Crippen LogP contribution in [0.5, 0.6) is 0 Å². The first-order valence-electron chi connectivity index (χ1n) is 6.62. The Hall–Kier alpha value is -1.86. The molecule has 0 heterocycles. The minimum atomic E-state index is -4.93. The van der Waals surface area contributed by atoms with Crippen LogP contribution in [-0.2, 0) is 5.60 Å². The molecule has 1 atom stereocenters. The third kappa shape index (κ3) is 3.92. The molecule has 2 rings (SSSR count). The summed E-state index contributed by atoms with van der Waals surface area (Å²) in [6, 6.07) is 12.8. The first kappa shape index (κ1) is 17.5. The summed E-state index contributed by atoms with van der Waals surface area (Å²) < 4.78 is 40.6. The number of benzene rings is 2. The number of alkyl halides is 3. The molecular weight excluding hydrogens is 375 g/mol. The Morgan fingerprint density at radius 3 is 2.13 bits per heavy atom. The molecular formula is C16H13BrF3NO2. The van der Waals surface area contributed by atoms with Gasteiger partial charge in [-0.2, -0.15) is 13.2 Å². The van der Waals surface area contributed by atoms with Crippen LogP contribution in [-0.4, -0.2) is 23.7 Å². The van der Waals surface area contributed by atoms with Crippen LogP contribution in [0.25, 0.3) is 0 Å². The van der Waals surface area contributed by atoms with Crippen molar-refractivity contribution in [1.29, 1.82) is 0 Å². The average Bonchev–Trinajstić information content (AvgIpc) is 2.52. The molecule has 1 unspecified atom stereocenters. The van der Waals surface area contributed by atoms with Gasteiger partial charge in [0.25, 0.3) is 5.91 Å². The molecule has 0 aliphatic carbocycles. The molecule has 0 aliphatic heterocycles. The normalized spacial score (nSPS) is 14.1. The molecule has 0 saturated carbocycles. The maximum absolute atomic E-state index is 13.3. The predicted octanol–water partition coefficient (Wildman–Crippen LogP) is 3.63. The van der Waals surface area contributed by atoms with Crippen molar-refractivity contribution in [2.75, 3.05) is 6.54 Å². The fourth-order valence-corrected chi connectivity index (χ4v) is 2.26. The minimum Gasteiger partial charge on any atom is -0.375 e. The average molecular weight is 388 g/mol. The zero-order valence-corrected chi connectivity index (χ0v) is 13.4. The molecule has 7 heteroatoms. The molecule has 0 fully saturated rings. The summed E-state index contributed by atoms with van der Waals surface area (Å²) in [5, 5.41) is 12.3. The van der Waals surface area contributed by atoms with Gasteiger partial charge in [-0.1, -0.05) is 46.3 Å². The van der Waals surface area contributed by atoms with Gasteiger partial charge in [0.2, 0.25) is 5.60 Å². The summed E-state index contributed by atoms with van der Waals surface area (Å²) in [7, 11) is 0. The van der Waals surface area contributed by atoms with Crippen molar-refractivity contribution in [1.82, 2.24) is 5.32 Å². The number of amides is 1. The zero-order valence-electron chi connectivity index (χ0n) is 11.8. The van der Waals surface area contributed by atoms with Crippen LogP contribution in [0.2, 0.25) is 0 Å². The van der Waals surface area contributed by atoms with E-state index in [1.165, 1.54) is 36.4 Å². The van der Waals surface area contributed by atoms with Crippen LogP contribution < -0.4 is 5.32 Å². The molecule has 0 radical (unpaired) electrons. The number of halogens is 4. The first-order valence-corrected chi connectivity index (χ1v) is 7.42. The maximum atomic E-state index is 13.3. The fraction of sp³-hybridized carbons (Fsp3) is 0.188. The SMILES string of the molecule is O=C(NCC(O)(c1ccccc1)C(F)(F)F)c1ccc(Br)cc1. The maximum Gasteiger partial charge on any atom is 0.423 e. The lowest BCUT2D eigenvalue weighted by Gasteiger charge is -2.31. The van der Waals surface area contributed by atoms with E-state index in [1.54, 1.807) is 18.2 Å². The highest BCUT2D eigenvalue weighted by Crippen LogP contribution is 2.38. The molecule has 0 saturated heterocycles. The summed E-state index contributed by atoms with van der Waals surface area (Å²) in [6.45, 7) is -0.977. The van der Waals surface area contributed by atoms with Crippen molar-refractivity contribution >= 4 is 21.8 Å². The fourth-order valence-electron chi connectivity index (χ4n) is 1.99. The van der Waals surface area contributed by atoms with Gasteiger partial charge in [-0.25, -0.2) is 0 Å². The predicted molar refractivity (Wildman–Crippen MR) is 82.9 cm³/mol. The minimum absolute atomic E-state index is 0.200. The second kappa shape index (κ2) is 6.72. The molecule has 0 spiro atoms. The van der Waals surface area contributed by atoms with Crippen molar-refractivity contribution in [3.8, 4) is 0 Å². The largest absolute Gasteiger partial charge is 0.423 e. The number of carbonyl (C=O) groups excluding carboxylic acids is 1. The molecule has 2 aromatic carbocycles. The Morgan fingerprint density at radius 2 is 1.61 bits per heavy atom. The van der Waals surface area contributed by atoms with Crippen LogP contribution in [0.4, 0.5) is 13.2 Å². The van der Waals surface area contributed by atoms with Crippen LogP contribution in [0.1, 0.15) is 15.9 Å². The standard InChI is InChI=1S/C16H13BrF3NO2/c17-13-8-6-11(7-9-13)14(22)21-10-15(23,16(18,19)20)12-4-2-1-3-5-12/h1-9,23H,10H2,(H,21,22). The van der Waals surface area contributed by atoms with Gasteiger partial charge in [-0.3, -0.25) is 4.79 Å². The molecule has 1 amide bonds. The molecule has 0 bridgehead atoms. The third-order valence-corrected chi connectivity index (χ3v) is 3.86. The number of rotatable bonds is 4. The molecule has 2 N–H and O–H groups in total. The Bertz CT molecular complexity index is 674. The van der Waals surface area contributed by atoms with E-state index < -0.39 is 24.2 Å². The highest BCUT2D eigenvalue weighted by molar-refractivity contribution is 9.10. The van der Waals surface area contributed by atoms with E-state index in [0.29, 0.717) is 0 Å². The van der Waals surface area contributed by atoms with Crippen molar-refractivity contribution in [2.45, 2.75) is 11.8 Å². The van der Waals surface area contributed by atoms with E-state index in [1.807, 2.05) is 0 Å². The summed E-state index contributed by atoms with van der Waals surface area (Å²) >= 11 is 3.20. The lowest BCUT2D eigenvalue weighted by Crippen LogP contribution is -2.51. The van der Waals surface area contributed by atoms with E-state index >= 15 is 0 Å². The Morgan fingerprint density at radius 1 is 1.04 bits per heavy atom. The number of nitrogens with one attached hydrogen (secondary N) is 1. The lowest BCUT2D eigenvalue weighted by molar-refractivity contribution is -0.263. The van der Waals surface area contributed by atoms with Crippen LogP contribution >= 0.6 is 15.9 Å². The lowest BCUT2D eigenvalue weighted by atomic mass is 9.93. The van der Waals surface area contributed by atoms with Crippen LogP contribution in [0.15, 0.2) is 59.1 Å². The molecule has 122 valence electrons. The van der Waals surface area contributed by atoms with Crippen molar-refractivity contribution < 1.29 is 23.1 Å². The van der Waals surface area contributed by atoms with Gasteiger partial charge in [0.1, 0.15) is 0 Å². The molecule has 3 nitrogen and oxygen atoms in total. The third-order valence-electron chi connectivity index (χ3n) is 3.33. The van der Waals surface area contributed by atoms with Crippen molar-refractivity contribution in [3.05, 3.63) is 70.2 Å². The van der Waals surface area contributed by atoms with Crippen LogP contribution in [0, 0.1) is 0 Å². The Kier molecular flexibility index (Phi) is 5.11. The van der Waals surface area contributed by atoms with Gasteiger partial charge in [0.05, 0.1) is 6.54 Å². The quantitative estimate of drug-likeness (QED) is 0.841. The Balaban J connectivity index is 2.20. The van der Waals surface area contributed by atoms with Gasteiger partial charge in [-0.15, -0.1) is 0 Å².